The van der Waals surface area contributed by atoms with Crippen LogP contribution in [-0.2, 0) is 16.0 Å². The minimum absolute atomic E-state index is 0.318. The van der Waals surface area contributed by atoms with E-state index in [1.54, 1.807) is 0 Å². The number of nitrogens with zero attached hydrogens (tertiary/aromatic N) is 1. The van der Waals surface area contributed by atoms with Crippen LogP contribution in [0, 0.1) is 12.8 Å². The van der Waals surface area contributed by atoms with Crippen LogP contribution in [0.15, 0.2) is 24.3 Å². The van der Waals surface area contributed by atoms with Crippen LogP contribution in [0.5, 0.6) is 0 Å². The molecule has 1 aromatic carbocycles. The highest BCUT2D eigenvalue weighted by Gasteiger charge is 2.32. The molecule has 1 aromatic rings. The summed E-state index contributed by atoms with van der Waals surface area (Å²) in [5.41, 5.74) is 2.50. The number of benzene rings is 1. The van der Waals surface area contributed by atoms with E-state index in [2.05, 4.69) is 54.8 Å². The lowest BCUT2D eigenvalue weighted by Crippen LogP contribution is -2.53. The molecule has 0 aliphatic carbocycles. The standard InChI is InChI=1S/C13H19N.C5H10O2.C2H6/c1-10-4-6-12(7-5-10)8-13-11(2)9-14(13)3;1-5(2,3)7-4-6;1-2/h4-7,11,13H,8-9H2,1-3H3;4H,1-3H3;1-2H3. The van der Waals surface area contributed by atoms with E-state index in [0.29, 0.717) is 6.47 Å². The van der Waals surface area contributed by atoms with Gasteiger partial charge in [0.05, 0.1) is 0 Å². The monoisotopic (exact) mass is 321 g/mol. The summed E-state index contributed by atoms with van der Waals surface area (Å²) >= 11 is 0. The zero-order chi connectivity index (χ0) is 18.0. The molecule has 1 saturated heterocycles. The molecule has 2 unspecified atom stereocenters. The predicted octanol–water partition coefficient (Wildman–Crippen LogP) is 4.47. The Morgan fingerprint density at radius 1 is 1.22 bits per heavy atom. The van der Waals surface area contributed by atoms with Gasteiger partial charge in [0.25, 0.3) is 6.47 Å². The highest BCUT2D eigenvalue weighted by molar-refractivity contribution is 5.37. The summed E-state index contributed by atoms with van der Waals surface area (Å²) in [5, 5.41) is 0. The average molecular weight is 322 g/mol. The Labute approximate surface area is 143 Å². The molecule has 0 radical (unpaired) electrons. The van der Waals surface area contributed by atoms with E-state index in [1.807, 2.05) is 34.6 Å². The Bertz CT molecular complexity index is 426. The van der Waals surface area contributed by atoms with Gasteiger partial charge in [0, 0.05) is 12.6 Å². The first-order valence-corrected chi connectivity index (χ1v) is 8.60. The van der Waals surface area contributed by atoms with Crippen LogP contribution in [0.25, 0.3) is 0 Å². The van der Waals surface area contributed by atoms with Gasteiger partial charge in [-0.2, -0.15) is 0 Å². The van der Waals surface area contributed by atoms with Crippen molar-refractivity contribution in [1.29, 1.82) is 0 Å². The summed E-state index contributed by atoms with van der Waals surface area (Å²) in [6, 6.07) is 9.69. The second kappa shape index (κ2) is 10.4. The van der Waals surface area contributed by atoms with Gasteiger partial charge in [-0.3, -0.25) is 4.79 Å². The number of likely N-dealkylation sites (N-methyl/N-ethyl adjacent to an activating group) is 1. The number of hydrogen-bond donors (Lipinski definition) is 0. The first-order valence-electron chi connectivity index (χ1n) is 8.60. The molecule has 3 nitrogen and oxygen atoms in total. The van der Waals surface area contributed by atoms with Crippen LogP contribution in [0.1, 0.15) is 52.7 Å². The quantitative estimate of drug-likeness (QED) is 0.769. The first kappa shape index (κ1) is 21.6. The third-order valence-corrected chi connectivity index (χ3v) is 3.77. The fourth-order valence-electron chi connectivity index (χ4n) is 2.47. The van der Waals surface area contributed by atoms with Gasteiger partial charge >= 0.3 is 0 Å². The Kier molecular flexibility index (Phi) is 9.82. The Hall–Kier alpha value is -1.35. The summed E-state index contributed by atoms with van der Waals surface area (Å²) in [4.78, 5) is 12.0. The van der Waals surface area contributed by atoms with Gasteiger partial charge in [-0.05, 0) is 52.6 Å². The molecule has 23 heavy (non-hydrogen) atoms. The number of likely N-dealkylation sites (tertiary alicyclic amines) is 1. The van der Waals surface area contributed by atoms with Gasteiger partial charge in [-0.1, -0.05) is 50.6 Å². The van der Waals surface area contributed by atoms with Crippen molar-refractivity contribution in [2.45, 2.75) is 66.5 Å². The van der Waals surface area contributed by atoms with Gasteiger partial charge in [-0.25, -0.2) is 0 Å². The third kappa shape index (κ3) is 8.75. The fourth-order valence-corrected chi connectivity index (χ4v) is 2.47. The Balaban J connectivity index is 0.000000460. The molecule has 1 aliphatic rings. The van der Waals surface area contributed by atoms with Gasteiger partial charge in [0.2, 0.25) is 0 Å². The molecular formula is C20H35NO2. The third-order valence-electron chi connectivity index (χ3n) is 3.77. The summed E-state index contributed by atoms with van der Waals surface area (Å²) in [6.07, 6.45) is 1.21. The van der Waals surface area contributed by atoms with Gasteiger partial charge in [0.1, 0.15) is 5.60 Å². The van der Waals surface area contributed by atoms with E-state index in [1.165, 1.54) is 24.1 Å². The molecule has 0 spiro atoms. The van der Waals surface area contributed by atoms with Crippen molar-refractivity contribution in [3.8, 4) is 0 Å². The van der Waals surface area contributed by atoms with Crippen LogP contribution in [-0.4, -0.2) is 36.6 Å². The minimum atomic E-state index is -0.318. The van der Waals surface area contributed by atoms with Gasteiger partial charge in [0.15, 0.2) is 0 Å². The second-order valence-electron chi connectivity index (χ2n) is 7.00. The van der Waals surface area contributed by atoms with Crippen LogP contribution >= 0.6 is 0 Å². The number of rotatable bonds is 3. The highest BCUT2D eigenvalue weighted by atomic mass is 16.5. The van der Waals surface area contributed by atoms with Crippen molar-refractivity contribution in [1.82, 2.24) is 4.90 Å². The van der Waals surface area contributed by atoms with Crippen molar-refractivity contribution in [2.75, 3.05) is 13.6 Å². The molecular weight excluding hydrogens is 286 g/mol. The molecule has 2 atom stereocenters. The van der Waals surface area contributed by atoms with E-state index >= 15 is 0 Å². The number of ether oxygens (including phenoxy) is 1. The normalized spacial score (nSPS) is 20.2. The van der Waals surface area contributed by atoms with Crippen molar-refractivity contribution in [3.63, 3.8) is 0 Å². The number of hydrogen-bond acceptors (Lipinski definition) is 3. The molecule has 1 fully saturated rings. The van der Waals surface area contributed by atoms with E-state index < -0.39 is 0 Å². The maximum absolute atomic E-state index is 9.60. The lowest BCUT2D eigenvalue weighted by atomic mass is 9.86. The van der Waals surface area contributed by atoms with Crippen molar-refractivity contribution in [2.24, 2.45) is 5.92 Å². The first-order chi connectivity index (χ1) is 10.7. The van der Waals surface area contributed by atoms with Crippen LogP contribution in [0.3, 0.4) is 0 Å². The van der Waals surface area contributed by atoms with Crippen molar-refractivity contribution < 1.29 is 9.53 Å². The second-order valence-corrected chi connectivity index (χ2v) is 7.00. The van der Waals surface area contributed by atoms with E-state index in [4.69, 9.17) is 0 Å². The summed E-state index contributed by atoms with van der Waals surface area (Å²) < 4.78 is 4.55. The summed E-state index contributed by atoms with van der Waals surface area (Å²) in [6.45, 7) is 15.7. The van der Waals surface area contributed by atoms with Gasteiger partial charge in [-0.15, -0.1) is 0 Å². The lowest BCUT2D eigenvalue weighted by Gasteiger charge is -2.44. The zero-order valence-corrected chi connectivity index (χ0v) is 16.2. The molecule has 3 heteroatoms. The van der Waals surface area contributed by atoms with Gasteiger partial charge < -0.3 is 9.64 Å². The average Bonchev–Trinajstić information content (AvgIpc) is 2.48. The Morgan fingerprint density at radius 3 is 2.04 bits per heavy atom. The lowest BCUT2D eigenvalue weighted by molar-refractivity contribution is -0.138. The van der Waals surface area contributed by atoms with Crippen molar-refractivity contribution >= 4 is 6.47 Å². The smallest absolute Gasteiger partial charge is 0.293 e. The number of carbonyl (C=O) groups excluding carboxylic acids is 1. The largest absolute Gasteiger partial charge is 0.462 e. The van der Waals surface area contributed by atoms with Crippen molar-refractivity contribution in [3.05, 3.63) is 35.4 Å². The maximum Gasteiger partial charge on any atom is 0.293 e. The predicted molar refractivity (Wildman–Crippen MR) is 98.7 cm³/mol. The molecule has 132 valence electrons. The van der Waals surface area contributed by atoms with Crippen LogP contribution in [0.2, 0.25) is 0 Å². The molecule has 2 rings (SSSR count). The molecule has 1 heterocycles. The maximum atomic E-state index is 9.60. The van der Waals surface area contributed by atoms with E-state index in [0.717, 1.165) is 12.0 Å². The molecule has 0 aromatic heterocycles. The Morgan fingerprint density at radius 2 is 1.74 bits per heavy atom. The number of aryl methyl sites for hydroxylation is 1. The zero-order valence-electron chi connectivity index (χ0n) is 16.2. The molecule has 1 aliphatic heterocycles. The molecule has 0 N–H and O–H groups in total. The van der Waals surface area contributed by atoms with E-state index in [9.17, 15) is 4.79 Å². The van der Waals surface area contributed by atoms with E-state index in [-0.39, 0.29) is 5.60 Å². The summed E-state index contributed by atoms with van der Waals surface area (Å²) in [7, 11) is 2.22. The topological polar surface area (TPSA) is 29.5 Å². The molecule has 0 saturated carbocycles. The summed E-state index contributed by atoms with van der Waals surface area (Å²) in [5.74, 6) is 0.862. The molecule has 0 amide bonds. The van der Waals surface area contributed by atoms with Crippen LogP contribution < -0.4 is 0 Å². The number of carbonyl (C=O) groups is 1. The minimum Gasteiger partial charge on any atom is -0.462 e. The SMILES string of the molecule is CC.CC(C)(C)OC=O.Cc1ccc(CC2C(C)CN2C)cc1. The molecule has 0 bridgehead atoms. The fraction of sp³-hybridized carbons (Fsp3) is 0.650. The highest BCUT2D eigenvalue weighted by Crippen LogP contribution is 2.25. The van der Waals surface area contributed by atoms with Crippen LogP contribution in [0.4, 0.5) is 0 Å².